The fourth-order valence-electron chi connectivity index (χ4n) is 2.47. The Morgan fingerprint density at radius 1 is 1.08 bits per heavy atom. The number of nitrogens with one attached hydrogen (secondary N) is 1. The number of aromatic nitrogens is 2. The third-order valence-corrected chi connectivity index (χ3v) is 4.06. The van der Waals surface area contributed by atoms with Crippen LogP contribution in [0.3, 0.4) is 0 Å². The first-order chi connectivity index (χ1) is 12.1. The molecule has 6 nitrogen and oxygen atoms in total. The van der Waals surface area contributed by atoms with Crippen LogP contribution in [0, 0.1) is 0 Å². The van der Waals surface area contributed by atoms with Crippen molar-refractivity contribution < 1.29 is 14.9 Å². The first-order valence-corrected chi connectivity index (χ1v) is 8.16. The highest BCUT2D eigenvalue weighted by Crippen LogP contribution is 2.40. The van der Waals surface area contributed by atoms with Crippen LogP contribution in [0.25, 0.3) is 22.4 Å². The maximum atomic E-state index is 10.1. The smallest absolute Gasteiger partial charge is 0.137 e. The van der Waals surface area contributed by atoms with Crippen LogP contribution in [0.4, 0.5) is 0 Å². The number of aromatic hydroxyl groups is 2. The Bertz CT molecular complexity index is 863. The molecule has 0 saturated carbocycles. The summed E-state index contributed by atoms with van der Waals surface area (Å²) in [5, 5.41) is 26.8. The number of benzene rings is 2. The van der Waals surface area contributed by atoms with E-state index in [9.17, 15) is 10.2 Å². The normalized spacial score (nSPS) is 10.8. The Hall–Kier alpha value is -2.70. The van der Waals surface area contributed by atoms with Crippen LogP contribution in [0.15, 0.2) is 42.6 Å². The summed E-state index contributed by atoms with van der Waals surface area (Å²) in [6, 6.07) is 10.2. The molecule has 0 radical (unpaired) electrons. The zero-order chi connectivity index (χ0) is 17.8. The van der Waals surface area contributed by atoms with Gasteiger partial charge in [-0.1, -0.05) is 23.7 Å². The number of halogens is 1. The summed E-state index contributed by atoms with van der Waals surface area (Å²) in [6.45, 7) is 1.17. The van der Waals surface area contributed by atoms with E-state index in [0.29, 0.717) is 24.4 Å². The van der Waals surface area contributed by atoms with E-state index in [1.807, 2.05) is 24.3 Å². The number of phenolic OH excluding ortho intramolecular Hbond substituents is 2. The fourth-order valence-corrected chi connectivity index (χ4v) is 2.63. The fraction of sp³-hybridized carbons (Fsp3) is 0.167. The number of phenols is 2. The molecule has 0 bridgehead atoms. The minimum Gasteiger partial charge on any atom is -0.507 e. The van der Waals surface area contributed by atoms with E-state index in [1.165, 1.54) is 12.1 Å². The lowest BCUT2D eigenvalue weighted by atomic mass is 10.0. The first kappa shape index (κ1) is 17.1. The number of nitrogens with zero attached hydrogens (tertiary/aromatic N) is 1. The Morgan fingerprint density at radius 2 is 1.84 bits per heavy atom. The van der Waals surface area contributed by atoms with E-state index in [-0.39, 0.29) is 16.5 Å². The quantitative estimate of drug-likeness (QED) is 0.504. The third kappa shape index (κ3) is 3.70. The van der Waals surface area contributed by atoms with Gasteiger partial charge in [-0.25, -0.2) is 0 Å². The summed E-state index contributed by atoms with van der Waals surface area (Å²) in [5.41, 5.74) is 8.21. The Labute approximate surface area is 149 Å². The Morgan fingerprint density at radius 3 is 2.56 bits per heavy atom. The Balaban J connectivity index is 1.91. The topological polar surface area (TPSA) is 104 Å². The predicted octanol–water partition coefficient (Wildman–Crippen LogP) is 3.54. The van der Waals surface area contributed by atoms with Crippen LogP contribution in [-0.4, -0.2) is 33.6 Å². The highest BCUT2D eigenvalue weighted by atomic mass is 35.5. The van der Waals surface area contributed by atoms with Gasteiger partial charge in [0.1, 0.15) is 17.2 Å². The van der Waals surface area contributed by atoms with Crippen molar-refractivity contribution in [2.45, 2.75) is 6.42 Å². The summed E-state index contributed by atoms with van der Waals surface area (Å²) < 4.78 is 5.59. The Kier molecular flexibility index (Phi) is 5.11. The molecule has 0 aliphatic carbocycles. The average Bonchev–Trinajstić information content (AvgIpc) is 3.08. The number of ether oxygens (including phenoxy) is 1. The molecular weight excluding hydrogens is 342 g/mol. The molecule has 0 saturated heterocycles. The molecule has 5 N–H and O–H groups in total. The molecule has 1 heterocycles. The second-order valence-electron chi connectivity index (χ2n) is 5.49. The zero-order valence-corrected chi connectivity index (χ0v) is 14.1. The number of nitrogens with two attached hydrogens (primary N) is 1. The van der Waals surface area contributed by atoms with Crippen molar-refractivity contribution in [3.05, 3.63) is 47.6 Å². The first-order valence-electron chi connectivity index (χ1n) is 7.78. The van der Waals surface area contributed by atoms with Gasteiger partial charge in [-0.3, -0.25) is 5.10 Å². The number of H-pyrrole nitrogens is 1. The van der Waals surface area contributed by atoms with Gasteiger partial charge in [-0.15, -0.1) is 0 Å². The van der Waals surface area contributed by atoms with Crippen molar-refractivity contribution >= 4 is 11.6 Å². The van der Waals surface area contributed by atoms with E-state index in [4.69, 9.17) is 22.1 Å². The maximum Gasteiger partial charge on any atom is 0.137 e. The molecule has 2 aromatic carbocycles. The summed E-state index contributed by atoms with van der Waals surface area (Å²) >= 11 is 5.96. The largest absolute Gasteiger partial charge is 0.507 e. The van der Waals surface area contributed by atoms with Crippen molar-refractivity contribution in [3.63, 3.8) is 0 Å². The van der Waals surface area contributed by atoms with E-state index in [0.717, 1.165) is 23.3 Å². The van der Waals surface area contributed by atoms with Crippen molar-refractivity contribution in [2.75, 3.05) is 13.2 Å². The molecule has 0 spiro atoms. The number of rotatable bonds is 6. The number of hydrogen-bond acceptors (Lipinski definition) is 5. The van der Waals surface area contributed by atoms with Gasteiger partial charge in [0.2, 0.25) is 0 Å². The van der Waals surface area contributed by atoms with Crippen LogP contribution in [0.5, 0.6) is 17.2 Å². The van der Waals surface area contributed by atoms with Crippen molar-refractivity contribution in [2.24, 2.45) is 5.73 Å². The highest BCUT2D eigenvalue weighted by Gasteiger charge is 2.16. The van der Waals surface area contributed by atoms with Crippen LogP contribution >= 0.6 is 11.6 Å². The number of aromatic amines is 1. The van der Waals surface area contributed by atoms with Crippen molar-refractivity contribution in [3.8, 4) is 39.6 Å². The summed E-state index contributed by atoms with van der Waals surface area (Å²) in [6.07, 6.45) is 2.47. The molecule has 0 unspecified atom stereocenters. The minimum absolute atomic E-state index is 0.0888. The van der Waals surface area contributed by atoms with Gasteiger partial charge in [0.05, 0.1) is 23.5 Å². The van der Waals surface area contributed by atoms with E-state index in [2.05, 4.69) is 10.2 Å². The zero-order valence-electron chi connectivity index (χ0n) is 13.4. The van der Waals surface area contributed by atoms with Gasteiger partial charge < -0.3 is 20.7 Å². The van der Waals surface area contributed by atoms with Crippen LogP contribution in [-0.2, 0) is 0 Å². The van der Waals surface area contributed by atoms with Crippen LogP contribution in [0.2, 0.25) is 5.02 Å². The van der Waals surface area contributed by atoms with Gasteiger partial charge in [0.15, 0.2) is 0 Å². The SMILES string of the molecule is NCCCOc1ccc(-c2cn[nH]c2-c2cc(Cl)c(O)cc2O)cc1. The molecular formula is C18H18ClN3O3. The van der Waals surface area contributed by atoms with Crippen molar-refractivity contribution in [1.29, 1.82) is 0 Å². The molecule has 0 aliphatic heterocycles. The van der Waals surface area contributed by atoms with E-state index < -0.39 is 0 Å². The van der Waals surface area contributed by atoms with Gasteiger partial charge in [0.25, 0.3) is 0 Å². The minimum atomic E-state index is -0.178. The summed E-state index contributed by atoms with van der Waals surface area (Å²) in [7, 11) is 0. The molecule has 0 amide bonds. The van der Waals surface area contributed by atoms with Crippen molar-refractivity contribution in [1.82, 2.24) is 10.2 Å². The van der Waals surface area contributed by atoms with Gasteiger partial charge >= 0.3 is 0 Å². The van der Waals surface area contributed by atoms with E-state index in [1.54, 1.807) is 6.20 Å². The molecule has 0 aliphatic rings. The van der Waals surface area contributed by atoms with Crippen LogP contribution < -0.4 is 10.5 Å². The molecule has 3 rings (SSSR count). The highest BCUT2D eigenvalue weighted by molar-refractivity contribution is 6.32. The molecule has 7 heteroatoms. The van der Waals surface area contributed by atoms with Gasteiger partial charge in [-0.05, 0) is 36.7 Å². The molecule has 3 aromatic rings. The second kappa shape index (κ2) is 7.46. The molecule has 0 fully saturated rings. The summed E-state index contributed by atoms with van der Waals surface area (Å²) in [5.74, 6) is 0.495. The molecule has 1 aromatic heterocycles. The number of hydrogen-bond donors (Lipinski definition) is 4. The lowest BCUT2D eigenvalue weighted by Crippen LogP contribution is -2.05. The predicted molar refractivity (Wildman–Crippen MR) is 97.0 cm³/mol. The maximum absolute atomic E-state index is 10.1. The molecule has 130 valence electrons. The third-order valence-electron chi connectivity index (χ3n) is 3.76. The average molecular weight is 360 g/mol. The molecule has 0 atom stereocenters. The molecule has 25 heavy (non-hydrogen) atoms. The van der Waals surface area contributed by atoms with Crippen LogP contribution in [0.1, 0.15) is 6.42 Å². The monoisotopic (exact) mass is 359 g/mol. The second-order valence-corrected chi connectivity index (χ2v) is 5.90. The summed E-state index contributed by atoms with van der Waals surface area (Å²) in [4.78, 5) is 0. The lowest BCUT2D eigenvalue weighted by molar-refractivity contribution is 0.313. The van der Waals surface area contributed by atoms with E-state index >= 15 is 0 Å². The standard InChI is InChI=1S/C18H18ClN3O3/c19-15-8-13(16(23)9-17(15)24)18-14(10-21-22-18)11-2-4-12(5-3-11)25-7-1-6-20/h2-5,8-10,23-24H,1,6-7,20H2,(H,21,22). The van der Waals surface area contributed by atoms with Gasteiger partial charge in [-0.2, -0.15) is 5.10 Å². The van der Waals surface area contributed by atoms with Gasteiger partial charge in [0, 0.05) is 17.2 Å². The lowest BCUT2D eigenvalue weighted by Gasteiger charge is -2.09.